The highest BCUT2D eigenvalue weighted by Crippen LogP contribution is 2.34. The highest BCUT2D eigenvalue weighted by molar-refractivity contribution is 5.89. The standard InChI is InChI=1S/C14H15NO5/c16-14(9-1-3-10(4-2-9)15(17)18)20-13-8-6-11-5-7-12(13)19-11/h1-4,11-13H,5-8H2/t11-,12-,13-/m0/s1. The maximum atomic E-state index is 12.0. The molecule has 0 unspecified atom stereocenters. The van der Waals surface area contributed by atoms with Gasteiger partial charge in [0.1, 0.15) is 6.10 Å². The summed E-state index contributed by atoms with van der Waals surface area (Å²) in [4.78, 5) is 22.1. The maximum absolute atomic E-state index is 12.0. The zero-order valence-electron chi connectivity index (χ0n) is 10.9. The van der Waals surface area contributed by atoms with Crippen molar-refractivity contribution >= 4 is 11.7 Å². The third kappa shape index (κ3) is 2.51. The predicted molar refractivity (Wildman–Crippen MR) is 69.4 cm³/mol. The van der Waals surface area contributed by atoms with Crippen LogP contribution in [0.4, 0.5) is 5.69 Å². The highest BCUT2D eigenvalue weighted by Gasteiger charge is 2.38. The Labute approximate surface area is 115 Å². The summed E-state index contributed by atoms with van der Waals surface area (Å²) in [5.74, 6) is -0.446. The first-order valence-electron chi connectivity index (χ1n) is 6.74. The quantitative estimate of drug-likeness (QED) is 0.481. The summed E-state index contributed by atoms with van der Waals surface area (Å²) in [5.41, 5.74) is 0.289. The number of rotatable bonds is 3. The monoisotopic (exact) mass is 277 g/mol. The second kappa shape index (κ2) is 5.20. The van der Waals surface area contributed by atoms with E-state index in [0.717, 1.165) is 25.7 Å². The van der Waals surface area contributed by atoms with Crippen LogP contribution in [0.15, 0.2) is 24.3 Å². The van der Waals surface area contributed by atoms with Gasteiger partial charge in [0, 0.05) is 12.1 Å². The van der Waals surface area contributed by atoms with Crippen LogP contribution in [0.2, 0.25) is 0 Å². The van der Waals surface area contributed by atoms with Crippen molar-refractivity contribution < 1.29 is 19.2 Å². The first kappa shape index (κ1) is 13.1. The van der Waals surface area contributed by atoms with Crippen LogP contribution >= 0.6 is 0 Å². The average Bonchev–Trinajstić information content (AvgIpc) is 2.85. The first-order valence-corrected chi connectivity index (χ1v) is 6.74. The summed E-state index contributed by atoms with van der Waals surface area (Å²) in [7, 11) is 0. The molecule has 2 heterocycles. The molecule has 6 heteroatoms. The number of carbonyl (C=O) groups is 1. The summed E-state index contributed by atoms with van der Waals surface area (Å²) >= 11 is 0. The molecule has 0 amide bonds. The molecule has 0 aliphatic carbocycles. The number of carbonyl (C=O) groups excluding carboxylic acids is 1. The van der Waals surface area contributed by atoms with E-state index in [2.05, 4.69) is 0 Å². The zero-order chi connectivity index (χ0) is 14.1. The van der Waals surface area contributed by atoms with Crippen molar-refractivity contribution in [2.75, 3.05) is 0 Å². The molecule has 1 aromatic rings. The molecule has 0 N–H and O–H groups in total. The summed E-state index contributed by atoms with van der Waals surface area (Å²) in [6.45, 7) is 0. The highest BCUT2D eigenvalue weighted by atomic mass is 16.6. The molecule has 6 nitrogen and oxygen atoms in total. The summed E-state index contributed by atoms with van der Waals surface area (Å²) in [6.07, 6.45) is 3.86. The fourth-order valence-corrected chi connectivity index (χ4v) is 2.81. The van der Waals surface area contributed by atoms with E-state index in [9.17, 15) is 14.9 Å². The van der Waals surface area contributed by atoms with Crippen molar-refractivity contribution in [2.24, 2.45) is 0 Å². The van der Waals surface area contributed by atoms with Gasteiger partial charge in [-0.1, -0.05) is 0 Å². The van der Waals surface area contributed by atoms with Crippen molar-refractivity contribution in [1.29, 1.82) is 0 Å². The Morgan fingerprint density at radius 2 is 1.90 bits per heavy atom. The van der Waals surface area contributed by atoms with E-state index in [-0.39, 0.29) is 17.9 Å². The Kier molecular flexibility index (Phi) is 3.40. The predicted octanol–water partition coefficient (Wildman–Crippen LogP) is 2.46. The number of nitrogens with zero attached hydrogens (tertiary/aromatic N) is 1. The number of ether oxygens (including phenoxy) is 2. The van der Waals surface area contributed by atoms with Gasteiger partial charge in [0.2, 0.25) is 0 Å². The number of nitro benzene ring substituents is 1. The van der Waals surface area contributed by atoms with Gasteiger partial charge in [0.25, 0.3) is 5.69 Å². The van der Waals surface area contributed by atoms with Crippen LogP contribution in [0.5, 0.6) is 0 Å². The van der Waals surface area contributed by atoms with Gasteiger partial charge in [-0.3, -0.25) is 10.1 Å². The van der Waals surface area contributed by atoms with Crippen molar-refractivity contribution in [3.8, 4) is 0 Å². The van der Waals surface area contributed by atoms with E-state index in [1.807, 2.05) is 0 Å². The van der Waals surface area contributed by atoms with Crippen molar-refractivity contribution in [2.45, 2.75) is 44.0 Å². The number of nitro groups is 1. The smallest absolute Gasteiger partial charge is 0.338 e. The zero-order valence-corrected chi connectivity index (χ0v) is 10.9. The topological polar surface area (TPSA) is 78.7 Å². The minimum Gasteiger partial charge on any atom is -0.456 e. The van der Waals surface area contributed by atoms with E-state index >= 15 is 0 Å². The molecule has 2 aliphatic rings. The summed E-state index contributed by atoms with van der Waals surface area (Å²) in [5, 5.41) is 10.6. The average molecular weight is 277 g/mol. The normalized spacial score (nSPS) is 28.1. The van der Waals surface area contributed by atoms with E-state index < -0.39 is 10.9 Å². The Balaban J connectivity index is 1.65. The minimum absolute atomic E-state index is 0.00995. The Hall–Kier alpha value is -1.95. The number of hydrogen-bond donors (Lipinski definition) is 0. The molecule has 0 aromatic heterocycles. The van der Waals surface area contributed by atoms with E-state index in [0.29, 0.717) is 11.7 Å². The second-order valence-corrected chi connectivity index (χ2v) is 5.20. The number of non-ortho nitro benzene ring substituents is 1. The Morgan fingerprint density at radius 3 is 2.60 bits per heavy atom. The van der Waals surface area contributed by atoms with Crippen LogP contribution in [0.3, 0.4) is 0 Å². The SMILES string of the molecule is O=C(O[C@H]1CC[C@@H]2CC[C@@H]1O2)c1ccc([N+](=O)[O-])cc1. The van der Waals surface area contributed by atoms with Crippen LogP contribution in [0.25, 0.3) is 0 Å². The fraction of sp³-hybridized carbons (Fsp3) is 0.500. The van der Waals surface area contributed by atoms with Crippen LogP contribution in [-0.4, -0.2) is 29.2 Å². The summed E-state index contributed by atoms with van der Waals surface area (Å²) < 4.78 is 11.2. The van der Waals surface area contributed by atoms with Crippen LogP contribution in [0.1, 0.15) is 36.0 Å². The lowest BCUT2D eigenvalue weighted by Crippen LogP contribution is -2.35. The van der Waals surface area contributed by atoms with E-state index in [1.54, 1.807) is 0 Å². The van der Waals surface area contributed by atoms with E-state index in [1.165, 1.54) is 24.3 Å². The number of hydrogen-bond acceptors (Lipinski definition) is 5. The van der Waals surface area contributed by atoms with Crippen molar-refractivity contribution in [3.05, 3.63) is 39.9 Å². The first-order chi connectivity index (χ1) is 9.63. The molecule has 2 fully saturated rings. The third-order valence-electron chi connectivity index (χ3n) is 3.90. The second-order valence-electron chi connectivity index (χ2n) is 5.20. The van der Waals surface area contributed by atoms with Gasteiger partial charge in [0.05, 0.1) is 22.7 Å². The number of fused-ring (bicyclic) bond motifs is 2. The van der Waals surface area contributed by atoms with Gasteiger partial charge in [-0.2, -0.15) is 0 Å². The largest absolute Gasteiger partial charge is 0.456 e. The molecule has 20 heavy (non-hydrogen) atoms. The molecule has 2 bridgehead atoms. The molecule has 1 aromatic carbocycles. The van der Waals surface area contributed by atoms with Crippen LogP contribution in [0, 0.1) is 10.1 Å². The van der Waals surface area contributed by atoms with Gasteiger partial charge in [-0.05, 0) is 37.8 Å². The number of benzene rings is 1. The van der Waals surface area contributed by atoms with Gasteiger partial charge >= 0.3 is 5.97 Å². The van der Waals surface area contributed by atoms with Gasteiger partial charge in [-0.25, -0.2) is 4.79 Å². The van der Waals surface area contributed by atoms with Crippen molar-refractivity contribution in [1.82, 2.24) is 0 Å². The lowest BCUT2D eigenvalue weighted by molar-refractivity contribution is -0.384. The van der Waals surface area contributed by atoms with Gasteiger partial charge in [0.15, 0.2) is 0 Å². The molecule has 0 saturated carbocycles. The molecule has 3 rings (SSSR count). The molecule has 2 saturated heterocycles. The maximum Gasteiger partial charge on any atom is 0.338 e. The molecule has 2 aliphatic heterocycles. The Morgan fingerprint density at radius 1 is 1.20 bits per heavy atom. The lowest BCUT2D eigenvalue weighted by atomic mass is 10.1. The minimum atomic E-state index is -0.497. The van der Waals surface area contributed by atoms with Gasteiger partial charge < -0.3 is 9.47 Å². The van der Waals surface area contributed by atoms with Gasteiger partial charge in [-0.15, -0.1) is 0 Å². The fourth-order valence-electron chi connectivity index (χ4n) is 2.81. The van der Waals surface area contributed by atoms with E-state index in [4.69, 9.17) is 9.47 Å². The molecule has 0 spiro atoms. The molecule has 0 radical (unpaired) electrons. The molecular weight excluding hydrogens is 262 g/mol. The van der Waals surface area contributed by atoms with Crippen LogP contribution in [-0.2, 0) is 9.47 Å². The van der Waals surface area contributed by atoms with Crippen molar-refractivity contribution in [3.63, 3.8) is 0 Å². The van der Waals surface area contributed by atoms with Crippen LogP contribution < -0.4 is 0 Å². The lowest BCUT2D eigenvalue weighted by Gasteiger charge is -2.28. The Bertz CT molecular complexity index is 527. The number of esters is 1. The summed E-state index contributed by atoms with van der Waals surface area (Å²) in [6, 6.07) is 5.45. The molecule has 106 valence electrons. The third-order valence-corrected chi connectivity index (χ3v) is 3.90. The molecule has 3 atom stereocenters. The molecular formula is C14H15NO5.